The van der Waals surface area contributed by atoms with Crippen molar-refractivity contribution in [2.45, 2.75) is 6.42 Å². The second-order valence-electron chi connectivity index (χ2n) is 7.99. The summed E-state index contributed by atoms with van der Waals surface area (Å²) in [6, 6.07) is 24.5. The van der Waals surface area contributed by atoms with Gasteiger partial charge in [0.05, 0.1) is 23.0 Å². The summed E-state index contributed by atoms with van der Waals surface area (Å²) in [5.41, 5.74) is 4.96. The third-order valence-corrected chi connectivity index (χ3v) is 5.74. The monoisotopic (exact) mass is 433 g/mol. The van der Waals surface area contributed by atoms with Crippen molar-refractivity contribution >= 4 is 44.3 Å². The predicted molar refractivity (Wildman–Crippen MR) is 129 cm³/mol. The highest BCUT2D eigenvalue weighted by molar-refractivity contribution is 6.05. The largest absolute Gasteiger partial charge is 0.508 e. The Kier molecular flexibility index (Phi) is 4.33. The summed E-state index contributed by atoms with van der Waals surface area (Å²) in [6.07, 6.45) is 0.224. The van der Waals surface area contributed by atoms with Crippen LogP contribution in [0.25, 0.3) is 44.2 Å². The second-order valence-corrected chi connectivity index (χ2v) is 7.99. The molecule has 4 N–H and O–H groups in total. The van der Waals surface area contributed by atoms with E-state index in [4.69, 9.17) is 4.98 Å². The number of nitrogens with zero attached hydrogens (tertiary/aromatic N) is 2. The number of nitrogens with one attached hydrogen (secondary N) is 3. The Labute approximate surface area is 188 Å². The Morgan fingerprint density at radius 2 is 1.76 bits per heavy atom. The van der Waals surface area contributed by atoms with Gasteiger partial charge < -0.3 is 15.4 Å². The zero-order valence-corrected chi connectivity index (χ0v) is 17.5. The molecule has 6 rings (SSSR count). The van der Waals surface area contributed by atoms with Crippen LogP contribution in [0.3, 0.4) is 0 Å². The molecule has 0 bridgehead atoms. The Morgan fingerprint density at radius 1 is 0.909 bits per heavy atom. The van der Waals surface area contributed by atoms with Gasteiger partial charge in [0.1, 0.15) is 11.4 Å². The molecule has 0 aliphatic heterocycles. The SMILES string of the molecule is O=C(Cc1ccc2c(-c3nc4c(ccc5ccccc54)[nH]3)n[nH]c2c1)Nc1ccc(O)cc1. The molecular weight excluding hydrogens is 414 g/mol. The number of hydrogen-bond donors (Lipinski definition) is 4. The van der Waals surface area contributed by atoms with Gasteiger partial charge >= 0.3 is 0 Å². The van der Waals surface area contributed by atoms with E-state index in [1.165, 1.54) is 12.1 Å². The summed E-state index contributed by atoms with van der Waals surface area (Å²) in [7, 11) is 0. The number of rotatable bonds is 4. The first kappa shape index (κ1) is 19.1. The minimum atomic E-state index is -0.135. The van der Waals surface area contributed by atoms with E-state index in [0.717, 1.165) is 44.0 Å². The molecule has 0 atom stereocenters. The van der Waals surface area contributed by atoms with Crippen LogP contribution < -0.4 is 5.32 Å². The van der Waals surface area contributed by atoms with E-state index in [1.807, 2.05) is 36.4 Å². The smallest absolute Gasteiger partial charge is 0.228 e. The Bertz CT molecular complexity index is 1650. The van der Waals surface area contributed by atoms with E-state index >= 15 is 0 Å². The number of carbonyl (C=O) groups excluding carboxylic acids is 1. The fraction of sp³-hybridized carbons (Fsp3) is 0.0385. The molecule has 2 aromatic heterocycles. The van der Waals surface area contributed by atoms with Crippen molar-refractivity contribution in [3.05, 3.63) is 84.4 Å². The number of fused-ring (bicyclic) bond motifs is 4. The van der Waals surface area contributed by atoms with Crippen LogP contribution in [-0.4, -0.2) is 31.2 Å². The van der Waals surface area contributed by atoms with Crippen molar-refractivity contribution in [1.82, 2.24) is 20.2 Å². The summed E-state index contributed by atoms with van der Waals surface area (Å²) < 4.78 is 0. The average molecular weight is 433 g/mol. The predicted octanol–water partition coefficient (Wildman–Crippen LogP) is 5.15. The molecule has 160 valence electrons. The molecule has 7 nitrogen and oxygen atoms in total. The van der Waals surface area contributed by atoms with Gasteiger partial charge in [0.2, 0.25) is 5.91 Å². The maximum atomic E-state index is 12.4. The van der Waals surface area contributed by atoms with E-state index in [-0.39, 0.29) is 18.1 Å². The van der Waals surface area contributed by atoms with Crippen molar-refractivity contribution in [2.24, 2.45) is 0 Å². The minimum Gasteiger partial charge on any atom is -0.508 e. The molecular formula is C26H19N5O2. The van der Waals surface area contributed by atoms with Gasteiger partial charge in [-0.1, -0.05) is 42.5 Å². The first-order valence-corrected chi connectivity index (χ1v) is 10.6. The Balaban J connectivity index is 1.29. The van der Waals surface area contributed by atoms with Crippen LogP contribution in [0.2, 0.25) is 0 Å². The number of benzene rings is 4. The molecule has 2 heterocycles. The number of phenols is 1. The lowest BCUT2D eigenvalue weighted by Crippen LogP contribution is -2.14. The van der Waals surface area contributed by atoms with Crippen LogP contribution in [0.4, 0.5) is 5.69 Å². The third kappa shape index (κ3) is 3.45. The van der Waals surface area contributed by atoms with Gasteiger partial charge in [0, 0.05) is 16.5 Å². The van der Waals surface area contributed by atoms with Gasteiger partial charge in [-0.3, -0.25) is 9.89 Å². The van der Waals surface area contributed by atoms with Gasteiger partial charge in [0.25, 0.3) is 0 Å². The highest BCUT2D eigenvalue weighted by Crippen LogP contribution is 2.30. The molecule has 0 saturated carbocycles. The molecule has 33 heavy (non-hydrogen) atoms. The standard InChI is InChI=1S/C26H19N5O2/c32-18-9-7-17(8-10-18)27-23(33)14-15-5-11-20-22(13-15)30-31-25(20)26-28-21-12-6-16-3-1-2-4-19(16)24(21)29-26/h1-13,32H,14H2,(H,27,33)(H,28,29)(H,30,31). The molecule has 0 aliphatic rings. The Hall–Kier alpha value is -4.65. The number of aromatic hydroxyl groups is 1. The van der Waals surface area contributed by atoms with Gasteiger partial charge in [-0.05, 0) is 47.3 Å². The summed E-state index contributed by atoms with van der Waals surface area (Å²) in [6.45, 7) is 0. The maximum Gasteiger partial charge on any atom is 0.228 e. The number of phenolic OH excluding ortho intramolecular Hbond substituents is 1. The quantitative estimate of drug-likeness (QED) is 0.289. The van der Waals surface area contributed by atoms with E-state index < -0.39 is 0 Å². The fourth-order valence-electron chi connectivity index (χ4n) is 4.15. The molecule has 0 fully saturated rings. The van der Waals surface area contributed by atoms with Crippen LogP contribution in [0.1, 0.15) is 5.56 Å². The summed E-state index contributed by atoms with van der Waals surface area (Å²) in [5.74, 6) is 0.723. The number of H-pyrrole nitrogens is 2. The summed E-state index contributed by atoms with van der Waals surface area (Å²) in [4.78, 5) is 20.6. The average Bonchev–Trinajstić information content (AvgIpc) is 3.44. The van der Waals surface area contributed by atoms with Crippen molar-refractivity contribution in [2.75, 3.05) is 5.32 Å². The molecule has 0 saturated heterocycles. The molecule has 0 spiro atoms. The second kappa shape index (κ2) is 7.49. The van der Waals surface area contributed by atoms with Crippen LogP contribution in [0.5, 0.6) is 5.75 Å². The third-order valence-electron chi connectivity index (χ3n) is 5.74. The van der Waals surface area contributed by atoms with E-state index in [0.29, 0.717) is 11.5 Å². The van der Waals surface area contributed by atoms with E-state index in [2.05, 4.69) is 38.7 Å². The molecule has 0 radical (unpaired) electrons. The number of amides is 1. The molecule has 0 unspecified atom stereocenters. The molecule has 4 aromatic carbocycles. The fourth-order valence-corrected chi connectivity index (χ4v) is 4.15. The number of imidazole rings is 1. The van der Waals surface area contributed by atoms with Crippen molar-refractivity contribution in [3.8, 4) is 17.3 Å². The number of aromatic amines is 2. The highest BCUT2D eigenvalue weighted by atomic mass is 16.3. The highest BCUT2D eigenvalue weighted by Gasteiger charge is 2.15. The number of aromatic nitrogens is 4. The van der Waals surface area contributed by atoms with E-state index in [9.17, 15) is 9.90 Å². The molecule has 0 aliphatic carbocycles. The lowest BCUT2D eigenvalue weighted by molar-refractivity contribution is -0.115. The summed E-state index contributed by atoms with van der Waals surface area (Å²) >= 11 is 0. The Morgan fingerprint density at radius 3 is 2.64 bits per heavy atom. The van der Waals surface area contributed by atoms with Gasteiger partial charge in [-0.15, -0.1) is 0 Å². The van der Waals surface area contributed by atoms with Crippen LogP contribution in [0, 0.1) is 0 Å². The van der Waals surface area contributed by atoms with Crippen LogP contribution in [-0.2, 0) is 11.2 Å². The molecule has 7 heteroatoms. The van der Waals surface area contributed by atoms with Gasteiger partial charge in [0.15, 0.2) is 5.82 Å². The first-order chi connectivity index (χ1) is 16.1. The molecule has 6 aromatic rings. The lowest BCUT2D eigenvalue weighted by atomic mass is 10.1. The molecule has 1 amide bonds. The summed E-state index contributed by atoms with van der Waals surface area (Å²) in [5, 5.41) is 22.9. The lowest BCUT2D eigenvalue weighted by Gasteiger charge is -2.05. The van der Waals surface area contributed by atoms with Crippen molar-refractivity contribution in [1.29, 1.82) is 0 Å². The zero-order valence-electron chi connectivity index (χ0n) is 17.5. The van der Waals surface area contributed by atoms with Crippen LogP contribution in [0.15, 0.2) is 78.9 Å². The number of anilines is 1. The van der Waals surface area contributed by atoms with Gasteiger partial charge in [-0.2, -0.15) is 5.10 Å². The first-order valence-electron chi connectivity index (χ1n) is 10.6. The van der Waals surface area contributed by atoms with Crippen molar-refractivity contribution in [3.63, 3.8) is 0 Å². The van der Waals surface area contributed by atoms with Crippen molar-refractivity contribution < 1.29 is 9.90 Å². The van der Waals surface area contributed by atoms with Gasteiger partial charge in [-0.25, -0.2) is 4.98 Å². The maximum absolute atomic E-state index is 12.4. The van der Waals surface area contributed by atoms with Crippen LogP contribution >= 0.6 is 0 Å². The topological polar surface area (TPSA) is 107 Å². The number of carbonyl (C=O) groups is 1. The zero-order chi connectivity index (χ0) is 22.4. The minimum absolute atomic E-state index is 0.135. The van der Waals surface area contributed by atoms with E-state index in [1.54, 1.807) is 12.1 Å². The normalized spacial score (nSPS) is 11.4. The number of hydrogen-bond acceptors (Lipinski definition) is 4.